The van der Waals surface area contributed by atoms with Gasteiger partial charge in [-0.2, -0.15) is 0 Å². The smallest absolute Gasteiger partial charge is 0.306 e. The quantitative estimate of drug-likeness (QED) is 0.0261. The molecule has 0 N–H and O–H groups in total. The Bertz CT molecular complexity index is 1250. The maximum absolute atomic E-state index is 12.8. The highest BCUT2D eigenvalue weighted by atomic mass is 16.6. The molecule has 0 aliphatic carbocycles. The number of esters is 3. The van der Waals surface area contributed by atoms with E-state index in [1.54, 1.807) is 0 Å². The van der Waals surface area contributed by atoms with Gasteiger partial charge in [-0.15, -0.1) is 0 Å². The van der Waals surface area contributed by atoms with E-state index in [1.807, 2.05) is 0 Å². The summed E-state index contributed by atoms with van der Waals surface area (Å²) in [5.41, 5.74) is 0. The number of hydrogen-bond donors (Lipinski definition) is 0. The molecule has 0 aliphatic heterocycles. The Balaban J connectivity index is 3.94. The number of hydrogen-bond acceptors (Lipinski definition) is 6. The van der Waals surface area contributed by atoms with Gasteiger partial charge in [-0.1, -0.05) is 307 Å². The summed E-state index contributed by atoms with van der Waals surface area (Å²) in [5.74, 6) is -0.861. The van der Waals surface area contributed by atoms with Gasteiger partial charge >= 0.3 is 17.9 Å². The molecule has 1 atom stereocenters. The van der Waals surface area contributed by atoms with E-state index in [0.29, 0.717) is 19.3 Å². The normalized spacial score (nSPS) is 12.3. The summed E-state index contributed by atoms with van der Waals surface area (Å²) in [6, 6.07) is 0. The number of unbranched alkanes of at least 4 members (excludes halogenated alkanes) is 39. The van der Waals surface area contributed by atoms with Crippen LogP contribution in [0.2, 0.25) is 0 Å². The third-order valence-corrected chi connectivity index (χ3v) is 14.1. The van der Waals surface area contributed by atoms with Gasteiger partial charge < -0.3 is 14.2 Å². The van der Waals surface area contributed by atoms with E-state index in [9.17, 15) is 14.4 Å². The molecule has 0 bridgehead atoms. The third kappa shape index (κ3) is 58.3. The molecule has 0 saturated heterocycles. The largest absolute Gasteiger partial charge is 0.462 e. The second kappa shape index (κ2) is 60.9. The molecule has 0 spiro atoms. The van der Waals surface area contributed by atoms with Gasteiger partial charge in [-0.05, 0) is 57.8 Å². The molecule has 420 valence electrons. The fraction of sp³-hybridized carbons (Fsp3) is 0.833. The number of carbonyl (C=O) groups is 3. The number of allylic oxidation sites excluding steroid dienone is 8. The standard InChI is InChI=1S/C66H120O6/c1-4-7-10-13-15-17-19-21-23-25-27-28-29-30-31-32-33-34-35-36-37-38-39-41-42-44-46-48-50-53-56-59-65(68)71-62-63(61-70-64(67)58-55-52-12-9-6-3)72-66(69)60-57-54-51-49-47-45-43-40-26-24-22-20-18-16-14-11-8-5-2/h7,10,15,17,21,23,27-28,63H,4-6,8-9,11-14,16,18-20,22,24-26,29-62H2,1-3H3/b10-7-,17-15-,23-21-,28-27-. The minimum atomic E-state index is -0.764. The molecule has 0 fully saturated rings. The van der Waals surface area contributed by atoms with Crippen LogP contribution in [0.3, 0.4) is 0 Å². The lowest BCUT2D eigenvalue weighted by molar-refractivity contribution is -0.167. The fourth-order valence-corrected chi connectivity index (χ4v) is 9.38. The van der Waals surface area contributed by atoms with Gasteiger partial charge in [0.2, 0.25) is 0 Å². The van der Waals surface area contributed by atoms with E-state index in [0.717, 1.165) is 89.9 Å². The highest BCUT2D eigenvalue weighted by molar-refractivity contribution is 5.71. The Hall–Kier alpha value is -2.63. The summed E-state index contributed by atoms with van der Waals surface area (Å²) >= 11 is 0. The first-order valence-corrected chi connectivity index (χ1v) is 31.6. The number of carbonyl (C=O) groups excluding carboxylic acids is 3. The van der Waals surface area contributed by atoms with Crippen LogP contribution in [0.5, 0.6) is 0 Å². The molecule has 0 saturated carbocycles. The molecule has 0 aromatic rings. The zero-order valence-electron chi connectivity index (χ0n) is 48.2. The van der Waals surface area contributed by atoms with Crippen molar-refractivity contribution >= 4 is 17.9 Å². The molecular formula is C66H120O6. The van der Waals surface area contributed by atoms with E-state index >= 15 is 0 Å². The van der Waals surface area contributed by atoms with Crippen LogP contribution in [0.25, 0.3) is 0 Å². The van der Waals surface area contributed by atoms with Crippen molar-refractivity contribution in [2.24, 2.45) is 0 Å². The van der Waals surface area contributed by atoms with Crippen LogP contribution in [-0.2, 0) is 28.6 Å². The summed E-state index contributed by atoms with van der Waals surface area (Å²) < 4.78 is 16.8. The van der Waals surface area contributed by atoms with Gasteiger partial charge in [0.25, 0.3) is 0 Å². The zero-order valence-corrected chi connectivity index (χ0v) is 48.2. The SMILES string of the molecule is CC/C=C\C/C=C\C/C=C\C/C=C\CCCCCCCCCCCCCCCCCCCCC(=O)OCC(COC(=O)CCCCCCC)OC(=O)CCCCCCCCCCCCCCCCCCCC. The molecule has 0 aromatic carbocycles. The van der Waals surface area contributed by atoms with Gasteiger partial charge in [-0.25, -0.2) is 0 Å². The molecule has 72 heavy (non-hydrogen) atoms. The van der Waals surface area contributed by atoms with Crippen molar-refractivity contribution in [3.8, 4) is 0 Å². The van der Waals surface area contributed by atoms with Crippen molar-refractivity contribution in [2.45, 2.75) is 341 Å². The molecule has 6 nitrogen and oxygen atoms in total. The minimum absolute atomic E-state index is 0.0674. The Morgan fingerprint density at radius 3 is 0.847 bits per heavy atom. The maximum Gasteiger partial charge on any atom is 0.306 e. The van der Waals surface area contributed by atoms with Crippen molar-refractivity contribution in [1.29, 1.82) is 0 Å². The summed E-state index contributed by atoms with van der Waals surface area (Å²) in [4.78, 5) is 37.9. The second-order valence-corrected chi connectivity index (χ2v) is 21.3. The van der Waals surface area contributed by atoms with Crippen molar-refractivity contribution in [3.63, 3.8) is 0 Å². The van der Waals surface area contributed by atoms with Gasteiger partial charge in [0.15, 0.2) is 6.10 Å². The summed E-state index contributed by atoms with van der Waals surface area (Å²) in [6.45, 7) is 6.50. The molecule has 0 amide bonds. The van der Waals surface area contributed by atoms with Crippen LogP contribution in [0.4, 0.5) is 0 Å². The first-order valence-electron chi connectivity index (χ1n) is 31.6. The summed E-state index contributed by atoms with van der Waals surface area (Å²) in [5, 5.41) is 0. The highest BCUT2D eigenvalue weighted by Crippen LogP contribution is 2.18. The molecule has 0 aliphatic rings. The Labute approximate surface area is 448 Å². The fourth-order valence-electron chi connectivity index (χ4n) is 9.38. The average molecular weight is 1010 g/mol. The molecule has 1 unspecified atom stereocenters. The monoisotopic (exact) mass is 1010 g/mol. The second-order valence-electron chi connectivity index (χ2n) is 21.3. The Morgan fingerprint density at radius 1 is 0.292 bits per heavy atom. The molecule has 0 aromatic heterocycles. The molecule has 0 heterocycles. The van der Waals surface area contributed by atoms with E-state index < -0.39 is 6.10 Å². The molecule has 0 radical (unpaired) electrons. The Kier molecular flexibility index (Phi) is 58.7. The molecular weight excluding hydrogens is 889 g/mol. The van der Waals surface area contributed by atoms with Gasteiger partial charge in [-0.3, -0.25) is 14.4 Å². The number of rotatable bonds is 58. The summed E-state index contributed by atoms with van der Waals surface area (Å²) in [6.07, 6.45) is 76.1. The van der Waals surface area contributed by atoms with Crippen LogP contribution < -0.4 is 0 Å². The van der Waals surface area contributed by atoms with Gasteiger partial charge in [0.1, 0.15) is 13.2 Å². The molecule has 0 rings (SSSR count). The minimum Gasteiger partial charge on any atom is -0.462 e. The van der Waals surface area contributed by atoms with E-state index in [4.69, 9.17) is 14.2 Å². The lowest BCUT2D eigenvalue weighted by atomic mass is 10.0. The predicted molar refractivity (Wildman–Crippen MR) is 312 cm³/mol. The number of ether oxygens (including phenoxy) is 3. The first kappa shape index (κ1) is 69.4. The topological polar surface area (TPSA) is 78.9 Å². The van der Waals surface area contributed by atoms with Crippen molar-refractivity contribution in [3.05, 3.63) is 48.6 Å². The van der Waals surface area contributed by atoms with E-state index in [-0.39, 0.29) is 31.1 Å². The third-order valence-electron chi connectivity index (χ3n) is 14.1. The maximum atomic E-state index is 12.8. The molecule has 6 heteroatoms. The van der Waals surface area contributed by atoms with Crippen LogP contribution >= 0.6 is 0 Å². The predicted octanol–water partition coefficient (Wildman–Crippen LogP) is 21.4. The van der Waals surface area contributed by atoms with Crippen LogP contribution in [0.15, 0.2) is 48.6 Å². The van der Waals surface area contributed by atoms with E-state index in [1.165, 1.54) is 205 Å². The lowest BCUT2D eigenvalue weighted by Gasteiger charge is -2.18. The van der Waals surface area contributed by atoms with E-state index in [2.05, 4.69) is 69.4 Å². The van der Waals surface area contributed by atoms with Crippen LogP contribution in [0, 0.1) is 0 Å². The van der Waals surface area contributed by atoms with Gasteiger partial charge in [0.05, 0.1) is 0 Å². The van der Waals surface area contributed by atoms with Crippen molar-refractivity contribution in [1.82, 2.24) is 0 Å². The van der Waals surface area contributed by atoms with Crippen LogP contribution in [0.1, 0.15) is 335 Å². The Morgan fingerprint density at radius 2 is 0.542 bits per heavy atom. The van der Waals surface area contributed by atoms with Crippen molar-refractivity contribution < 1.29 is 28.6 Å². The highest BCUT2D eigenvalue weighted by Gasteiger charge is 2.19. The summed E-state index contributed by atoms with van der Waals surface area (Å²) in [7, 11) is 0. The average Bonchev–Trinajstić information content (AvgIpc) is 3.38. The first-order chi connectivity index (χ1) is 35.5. The zero-order chi connectivity index (χ0) is 52.2. The lowest BCUT2D eigenvalue weighted by Crippen LogP contribution is -2.30. The van der Waals surface area contributed by atoms with Crippen LogP contribution in [-0.4, -0.2) is 37.2 Å². The van der Waals surface area contributed by atoms with Gasteiger partial charge in [0, 0.05) is 19.3 Å². The van der Waals surface area contributed by atoms with Crippen molar-refractivity contribution in [2.75, 3.05) is 13.2 Å².